The molecule has 0 radical (unpaired) electrons. The zero-order chi connectivity index (χ0) is 17.7. The molecule has 0 fully saturated rings. The van der Waals surface area contributed by atoms with E-state index in [2.05, 4.69) is 23.9 Å². The summed E-state index contributed by atoms with van der Waals surface area (Å²) in [5, 5.41) is 3.57. The zero-order valence-corrected chi connectivity index (χ0v) is 15.4. The zero-order valence-electron chi connectivity index (χ0n) is 13.8. The van der Waals surface area contributed by atoms with Gasteiger partial charge >= 0.3 is 0 Å². The van der Waals surface area contributed by atoms with Gasteiger partial charge in [-0.2, -0.15) is 0 Å². The Morgan fingerprint density at radius 1 is 1.12 bits per heavy atom. The number of hydrogen-bond donors (Lipinski definition) is 2. The molecule has 130 valence electrons. The van der Waals surface area contributed by atoms with Gasteiger partial charge in [-0.3, -0.25) is 4.72 Å². The molecule has 0 aliphatic rings. The number of halogens is 1. The van der Waals surface area contributed by atoms with Gasteiger partial charge in [-0.15, -0.1) is 0 Å². The van der Waals surface area contributed by atoms with Crippen LogP contribution < -0.4 is 14.8 Å². The molecular weight excluding hydrogens is 348 g/mol. The van der Waals surface area contributed by atoms with E-state index in [-0.39, 0.29) is 9.92 Å². The standard InChI is InChI=1S/C17H21ClN2O3S/c1-4-12(2)19-13-5-7-14(8-6-13)20-24(21,22)15-9-10-17(23-3)16(18)11-15/h5-12,19-20H,4H2,1-3H3. The molecule has 2 N–H and O–H groups in total. The molecule has 1 unspecified atom stereocenters. The number of rotatable bonds is 7. The molecule has 0 aromatic heterocycles. The van der Waals surface area contributed by atoms with Gasteiger partial charge in [0.25, 0.3) is 10.0 Å². The Morgan fingerprint density at radius 3 is 2.29 bits per heavy atom. The quantitative estimate of drug-likeness (QED) is 0.761. The van der Waals surface area contributed by atoms with Crippen molar-refractivity contribution in [3.8, 4) is 5.75 Å². The summed E-state index contributed by atoms with van der Waals surface area (Å²) in [6.07, 6.45) is 1.01. The molecule has 2 aromatic carbocycles. The number of hydrogen-bond acceptors (Lipinski definition) is 4. The first kappa shape index (κ1) is 18.4. The summed E-state index contributed by atoms with van der Waals surface area (Å²) < 4.78 is 32.4. The second-order valence-corrected chi connectivity index (χ2v) is 7.52. The lowest BCUT2D eigenvalue weighted by atomic mass is 10.2. The molecule has 24 heavy (non-hydrogen) atoms. The van der Waals surface area contributed by atoms with E-state index in [1.807, 2.05) is 12.1 Å². The summed E-state index contributed by atoms with van der Waals surface area (Å²) in [4.78, 5) is 0.0788. The molecule has 0 spiro atoms. The Balaban J connectivity index is 2.15. The number of methoxy groups -OCH3 is 1. The molecule has 7 heteroatoms. The van der Waals surface area contributed by atoms with Crippen LogP contribution in [0.2, 0.25) is 5.02 Å². The summed E-state index contributed by atoms with van der Waals surface area (Å²) >= 11 is 6.00. The van der Waals surface area contributed by atoms with E-state index in [0.717, 1.165) is 12.1 Å². The highest BCUT2D eigenvalue weighted by Crippen LogP contribution is 2.28. The molecule has 0 heterocycles. The number of anilines is 2. The van der Waals surface area contributed by atoms with Crippen molar-refractivity contribution in [3.05, 3.63) is 47.5 Å². The first-order chi connectivity index (χ1) is 11.4. The average Bonchev–Trinajstić information content (AvgIpc) is 2.56. The maximum absolute atomic E-state index is 12.4. The van der Waals surface area contributed by atoms with Crippen LogP contribution >= 0.6 is 11.6 Å². The molecule has 0 saturated carbocycles. The van der Waals surface area contributed by atoms with Gasteiger partial charge in [-0.05, 0) is 55.8 Å². The highest BCUT2D eigenvalue weighted by atomic mass is 35.5. The van der Waals surface area contributed by atoms with Crippen LogP contribution in [0.15, 0.2) is 47.4 Å². The summed E-state index contributed by atoms with van der Waals surface area (Å²) in [7, 11) is -2.24. The molecule has 1 atom stereocenters. The van der Waals surface area contributed by atoms with Gasteiger partial charge in [0.2, 0.25) is 0 Å². The summed E-state index contributed by atoms with van der Waals surface area (Å²) in [5.41, 5.74) is 1.43. The lowest BCUT2D eigenvalue weighted by molar-refractivity contribution is 0.414. The van der Waals surface area contributed by atoms with Crippen LogP contribution in [0.25, 0.3) is 0 Å². The van der Waals surface area contributed by atoms with Crippen LogP contribution in [0.5, 0.6) is 5.75 Å². The second-order valence-electron chi connectivity index (χ2n) is 5.43. The predicted octanol–water partition coefficient (Wildman–Crippen LogP) is 4.36. The normalized spacial score (nSPS) is 12.5. The Kier molecular flexibility index (Phi) is 5.96. The van der Waals surface area contributed by atoms with Crippen molar-refractivity contribution >= 4 is 33.0 Å². The van der Waals surface area contributed by atoms with E-state index >= 15 is 0 Å². The van der Waals surface area contributed by atoms with Gasteiger partial charge in [0.1, 0.15) is 5.75 Å². The molecule has 2 rings (SSSR count). The summed E-state index contributed by atoms with van der Waals surface area (Å²) in [5.74, 6) is 0.427. The summed E-state index contributed by atoms with van der Waals surface area (Å²) in [6, 6.07) is 11.8. The van der Waals surface area contributed by atoms with E-state index in [9.17, 15) is 8.42 Å². The van der Waals surface area contributed by atoms with Crippen molar-refractivity contribution in [2.45, 2.75) is 31.2 Å². The smallest absolute Gasteiger partial charge is 0.261 e. The minimum Gasteiger partial charge on any atom is -0.495 e. The third-order valence-electron chi connectivity index (χ3n) is 3.60. The molecule has 5 nitrogen and oxygen atoms in total. The maximum Gasteiger partial charge on any atom is 0.261 e. The Morgan fingerprint density at radius 2 is 1.75 bits per heavy atom. The molecule has 0 aliphatic carbocycles. The van der Waals surface area contributed by atoms with E-state index < -0.39 is 10.0 Å². The van der Waals surface area contributed by atoms with Crippen molar-refractivity contribution in [1.82, 2.24) is 0 Å². The third kappa shape index (κ3) is 4.55. The van der Waals surface area contributed by atoms with Crippen molar-refractivity contribution < 1.29 is 13.2 Å². The second kappa shape index (κ2) is 7.77. The van der Waals surface area contributed by atoms with Crippen LogP contribution in [0.3, 0.4) is 0 Å². The Labute approximate surface area is 148 Å². The number of nitrogens with one attached hydrogen (secondary N) is 2. The van der Waals surface area contributed by atoms with Crippen LogP contribution in [-0.4, -0.2) is 21.6 Å². The fourth-order valence-electron chi connectivity index (χ4n) is 2.05. The van der Waals surface area contributed by atoms with E-state index in [1.54, 1.807) is 12.1 Å². The fraction of sp³-hybridized carbons (Fsp3) is 0.294. The topological polar surface area (TPSA) is 67.4 Å². The van der Waals surface area contributed by atoms with E-state index in [1.165, 1.54) is 25.3 Å². The average molecular weight is 369 g/mol. The van der Waals surface area contributed by atoms with Crippen LogP contribution in [-0.2, 0) is 10.0 Å². The molecule has 0 bridgehead atoms. The largest absolute Gasteiger partial charge is 0.495 e. The van der Waals surface area contributed by atoms with Gasteiger partial charge in [0.05, 0.1) is 17.0 Å². The molecule has 0 saturated heterocycles. The fourth-order valence-corrected chi connectivity index (χ4v) is 3.46. The van der Waals surface area contributed by atoms with E-state index in [4.69, 9.17) is 16.3 Å². The number of ether oxygens (including phenoxy) is 1. The molecule has 0 amide bonds. The molecule has 0 aliphatic heterocycles. The third-order valence-corrected chi connectivity index (χ3v) is 5.27. The minimum absolute atomic E-state index is 0.0788. The minimum atomic E-state index is -3.71. The number of benzene rings is 2. The highest BCUT2D eigenvalue weighted by Gasteiger charge is 2.16. The number of sulfonamides is 1. The van der Waals surface area contributed by atoms with E-state index in [0.29, 0.717) is 17.5 Å². The van der Waals surface area contributed by atoms with Gasteiger partial charge in [0, 0.05) is 17.4 Å². The van der Waals surface area contributed by atoms with Crippen molar-refractivity contribution in [2.75, 3.05) is 17.1 Å². The molecule has 2 aromatic rings. The first-order valence-corrected chi connectivity index (χ1v) is 9.44. The summed E-state index contributed by atoms with van der Waals surface area (Å²) in [6.45, 7) is 4.18. The lowest BCUT2D eigenvalue weighted by Gasteiger charge is -2.14. The van der Waals surface area contributed by atoms with Gasteiger partial charge in [-0.1, -0.05) is 18.5 Å². The predicted molar refractivity (Wildman–Crippen MR) is 98.6 cm³/mol. The van der Waals surface area contributed by atoms with Crippen molar-refractivity contribution in [1.29, 1.82) is 0 Å². The van der Waals surface area contributed by atoms with Crippen LogP contribution in [0, 0.1) is 0 Å². The van der Waals surface area contributed by atoms with Gasteiger partial charge < -0.3 is 10.1 Å². The SMILES string of the molecule is CCC(C)Nc1ccc(NS(=O)(=O)c2ccc(OC)c(Cl)c2)cc1. The highest BCUT2D eigenvalue weighted by molar-refractivity contribution is 7.92. The maximum atomic E-state index is 12.4. The van der Waals surface area contributed by atoms with Crippen LogP contribution in [0.1, 0.15) is 20.3 Å². The van der Waals surface area contributed by atoms with Gasteiger partial charge in [-0.25, -0.2) is 8.42 Å². The Bertz CT molecular complexity index is 792. The van der Waals surface area contributed by atoms with Crippen molar-refractivity contribution in [3.63, 3.8) is 0 Å². The first-order valence-electron chi connectivity index (χ1n) is 7.58. The van der Waals surface area contributed by atoms with Gasteiger partial charge in [0.15, 0.2) is 0 Å². The Hall–Kier alpha value is -1.92. The lowest BCUT2D eigenvalue weighted by Crippen LogP contribution is -2.14. The van der Waals surface area contributed by atoms with Crippen molar-refractivity contribution in [2.24, 2.45) is 0 Å². The monoisotopic (exact) mass is 368 g/mol. The molecular formula is C17H21ClN2O3S. The van der Waals surface area contributed by atoms with Crippen LogP contribution in [0.4, 0.5) is 11.4 Å².